The lowest BCUT2D eigenvalue weighted by atomic mass is 9.97. The number of rotatable bonds is 7. The fraction of sp³-hybridized carbons (Fsp3) is 0.263. The second-order valence-electron chi connectivity index (χ2n) is 5.74. The smallest absolute Gasteiger partial charge is 0.240 e. The zero-order valence-electron chi connectivity index (χ0n) is 14.1. The van der Waals surface area contributed by atoms with Crippen molar-refractivity contribution in [3.8, 4) is 0 Å². The normalized spacial score (nSPS) is 12.5. The van der Waals surface area contributed by atoms with Crippen molar-refractivity contribution in [2.45, 2.75) is 26.1 Å². The van der Waals surface area contributed by atoms with Crippen LogP contribution in [0.25, 0.3) is 0 Å². The molecule has 0 amide bonds. The minimum absolute atomic E-state index is 0.0355. The van der Waals surface area contributed by atoms with Crippen molar-refractivity contribution >= 4 is 0 Å². The molecule has 130 valence electrons. The minimum Gasteiger partial charge on any atom is -0.338 e. The van der Waals surface area contributed by atoms with E-state index in [0.717, 1.165) is 17.7 Å². The summed E-state index contributed by atoms with van der Waals surface area (Å²) in [6.45, 7) is 3.57. The van der Waals surface area contributed by atoms with Gasteiger partial charge >= 0.3 is 0 Å². The van der Waals surface area contributed by atoms with Crippen LogP contribution in [0.15, 0.2) is 59.1 Å². The Bertz CT molecular complexity index is 789. The fourth-order valence-corrected chi connectivity index (χ4v) is 2.90. The van der Waals surface area contributed by atoms with E-state index in [9.17, 15) is 4.39 Å². The number of aromatic nitrogens is 2. The second-order valence-corrected chi connectivity index (χ2v) is 5.74. The van der Waals surface area contributed by atoms with E-state index in [1.54, 1.807) is 0 Å². The molecule has 1 heterocycles. The van der Waals surface area contributed by atoms with Gasteiger partial charge in [-0.3, -0.25) is 4.90 Å². The van der Waals surface area contributed by atoms with Gasteiger partial charge in [0.1, 0.15) is 5.82 Å². The van der Waals surface area contributed by atoms with E-state index in [0.29, 0.717) is 18.3 Å². The zero-order valence-corrected chi connectivity index (χ0v) is 14.1. The molecule has 0 saturated carbocycles. The van der Waals surface area contributed by atoms with Gasteiger partial charge in [-0.25, -0.2) is 4.39 Å². The predicted octanol–water partition coefficient (Wildman–Crippen LogP) is 3.28. The summed E-state index contributed by atoms with van der Waals surface area (Å²) in [5.74, 6) is 0.763. The monoisotopic (exact) mass is 340 g/mol. The Balaban J connectivity index is 1.94. The zero-order chi connectivity index (χ0) is 17.6. The maximum atomic E-state index is 13.4. The first-order chi connectivity index (χ1) is 12.2. The molecule has 1 atom stereocenters. The van der Waals surface area contributed by atoms with Gasteiger partial charge in [0.15, 0.2) is 5.82 Å². The second kappa shape index (κ2) is 8.00. The highest BCUT2D eigenvalue weighted by Crippen LogP contribution is 2.29. The first kappa shape index (κ1) is 17.3. The fourth-order valence-electron chi connectivity index (χ4n) is 2.90. The maximum Gasteiger partial charge on any atom is 0.240 e. The van der Waals surface area contributed by atoms with Gasteiger partial charge in [0.2, 0.25) is 5.89 Å². The molecule has 0 saturated heterocycles. The van der Waals surface area contributed by atoms with Crippen molar-refractivity contribution in [2.75, 3.05) is 6.54 Å². The van der Waals surface area contributed by atoms with E-state index >= 15 is 0 Å². The molecule has 0 bridgehead atoms. The highest BCUT2D eigenvalue weighted by molar-refractivity contribution is 5.32. The molecule has 1 aromatic heterocycles. The predicted molar refractivity (Wildman–Crippen MR) is 93.0 cm³/mol. The van der Waals surface area contributed by atoms with Crippen LogP contribution >= 0.6 is 0 Å². The third kappa shape index (κ3) is 4.10. The third-order valence-corrected chi connectivity index (χ3v) is 4.10. The lowest BCUT2D eigenvalue weighted by Gasteiger charge is -2.30. The molecule has 0 fully saturated rings. The Morgan fingerprint density at radius 3 is 2.36 bits per heavy atom. The molecule has 2 N–H and O–H groups in total. The summed E-state index contributed by atoms with van der Waals surface area (Å²) < 4.78 is 18.5. The van der Waals surface area contributed by atoms with Crippen LogP contribution in [0.4, 0.5) is 4.39 Å². The van der Waals surface area contributed by atoms with E-state index in [1.165, 1.54) is 12.1 Å². The average molecular weight is 340 g/mol. The molecular formula is C19H21FN4O. The molecule has 1 unspecified atom stereocenters. The topological polar surface area (TPSA) is 68.2 Å². The minimum atomic E-state index is -0.246. The van der Waals surface area contributed by atoms with Crippen LogP contribution in [0.1, 0.15) is 35.8 Å². The average Bonchev–Trinajstić information content (AvgIpc) is 3.11. The molecule has 6 heteroatoms. The Morgan fingerprint density at radius 2 is 1.76 bits per heavy atom. The van der Waals surface area contributed by atoms with Crippen LogP contribution in [0.3, 0.4) is 0 Å². The Labute approximate surface area is 146 Å². The van der Waals surface area contributed by atoms with Gasteiger partial charge in [0.25, 0.3) is 0 Å². The van der Waals surface area contributed by atoms with E-state index in [1.807, 2.05) is 30.3 Å². The Kier molecular flexibility index (Phi) is 5.53. The molecular weight excluding hydrogens is 319 g/mol. The van der Waals surface area contributed by atoms with Crippen LogP contribution in [0.5, 0.6) is 0 Å². The molecule has 3 rings (SSSR count). The standard InChI is InChI=1S/C19H21FN4O/c1-2-24(13-17-22-18(12-21)25-23-17)19(14-6-4-3-5-7-14)15-8-10-16(20)11-9-15/h3-11,19H,2,12-13,21H2,1H3. The summed E-state index contributed by atoms with van der Waals surface area (Å²) in [5, 5.41) is 3.99. The van der Waals surface area contributed by atoms with Crippen molar-refractivity contribution in [3.05, 3.63) is 83.3 Å². The molecule has 0 aliphatic rings. The van der Waals surface area contributed by atoms with Gasteiger partial charge in [0.05, 0.1) is 19.1 Å². The summed E-state index contributed by atoms with van der Waals surface area (Å²) in [6, 6.07) is 16.7. The SMILES string of the molecule is CCN(Cc1noc(CN)n1)C(c1ccccc1)c1ccc(F)cc1. The molecule has 3 aromatic rings. The largest absolute Gasteiger partial charge is 0.338 e. The number of nitrogens with two attached hydrogens (primary N) is 1. The first-order valence-corrected chi connectivity index (χ1v) is 8.27. The van der Waals surface area contributed by atoms with Gasteiger partial charge < -0.3 is 10.3 Å². The van der Waals surface area contributed by atoms with Crippen LogP contribution in [0, 0.1) is 5.82 Å². The van der Waals surface area contributed by atoms with Crippen molar-refractivity contribution < 1.29 is 8.91 Å². The number of benzene rings is 2. The van der Waals surface area contributed by atoms with E-state index in [2.05, 4.69) is 34.1 Å². The lowest BCUT2D eigenvalue weighted by Crippen LogP contribution is -2.29. The summed E-state index contributed by atoms with van der Waals surface area (Å²) >= 11 is 0. The summed E-state index contributed by atoms with van der Waals surface area (Å²) in [4.78, 5) is 6.51. The number of hydrogen-bond donors (Lipinski definition) is 1. The molecule has 2 aromatic carbocycles. The van der Waals surface area contributed by atoms with Crippen LogP contribution in [-0.4, -0.2) is 21.6 Å². The molecule has 0 aliphatic carbocycles. The van der Waals surface area contributed by atoms with Crippen LogP contribution in [0.2, 0.25) is 0 Å². The van der Waals surface area contributed by atoms with E-state index in [4.69, 9.17) is 10.3 Å². The van der Waals surface area contributed by atoms with Crippen molar-refractivity contribution in [3.63, 3.8) is 0 Å². The van der Waals surface area contributed by atoms with Gasteiger partial charge in [-0.15, -0.1) is 0 Å². The van der Waals surface area contributed by atoms with Crippen LogP contribution < -0.4 is 5.73 Å². The number of hydrogen-bond acceptors (Lipinski definition) is 5. The quantitative estimate of drug-likeness (QED) is 0.715. The molecule has 0 spiro atoms. The summed E-state index contributed by atoms with van der Waals surface area (Å²) in [6.07, 6.45) is 0. The van der Waals surface area contributed by atoms with Gasteiger partial charge in [-0.05, 0) is 29.8 Å². The van der Waals surface area contributed by atoms with E-state index < -0.39 is 0 Å². The molecule has 0 radical (unpaired) electrons. The Morgan fingerprint density at radius 1 is 1.08 bits per heavy atom. The first-order valence-electron chi connectivity index (χ1n) is 8.27. The Hall–Kier alpha value is -2.57. The van der Waals surface area contributed by atoms with Gasteiger partial charge in [-0.1, -0.05) is 54.5 Å². The lowest BCUT2D eigenvalue weighted by molar-refractivity contribution is 0.219. The third-order valence-electron chi connectivity index (χ3n) is 4.10. The summed E-state index contributed by atoms with van der Waals surface area (Å²) in [5.41, 5.74) is 7.67. The number of nitrogens with zero attached hydrogens (tertiary/aromatic N) is 3. The number of halogens is 1. The van der Waals surface area contributed by atoms with Crippen molar-refractivity contribution in [1.29, 1.82) is 0 Å². The molecule has 5 nitrogen and oxygen atoms in total. The highest BCUT2D eigenvalue weighted by atomic mass is 19.1. The molecule has 0 aliphatic heterocycles. The maximum absolute atomic E-state index is 13.4. The highest BCUT2D eigenvalue weighted by Gasteiger charge is 2.23. The van der Waals surface area contributed by atoms with E-state index in [-0.39, 0.29) is 18.4 Å². The van der Waals surface area contributed by atoms with Crippen molar-refractivity contribution in [1.82, 2.24) is 15.0 Å². The van der Waals surface area contributed by atoms with Crippen molar-refractivity contribution in [2.24, 2.45) is 5.73 Å². The van der Waals surface area contributed by atoms with Crippen LogP contribution in [-0.2, 0) is 13.1 Å². The molecule has 25 heavy (non-hydrogen) atoms. The van der Waals surface area contributed by atoms with Gasteiger partial charge in [-0.2, -0.15) is 4.98 Å². The summed E-state index contributed by atoms with van der Waals surface area (Å²) in [7, 11) is 0. The van der Waals surface area contributed by atoms with Gasteiger partial charge in [0, 0.05) is 0 Å².